The van der Waals surface area contributed by atoms with E-state index in [0.717, 1.165) is 47.8 Å². The lowest BCUT2D eigenvalue weighted by Gasteiger charge is -2.52. The largest absolute Gasteiger partial charge is 0.469 e. The van der Waals surface area contributed by atoms with Gasteiger partial charge >= 0.3 is 5.97 Å². The minimum absolute atomic E-state index is 0.132. The second-order valence-corrected chi connectivity index (χ2v) is 14.3. The Hall–Kier alpha value is -3.54. The minimum atomic E-state index is -1.13. The fraction of sp³-hybridized carbons (Fsp3) is 0.342. The first-order valence-corrected chi connectivity index (χ1v) is 17.8. The van der Waals surface area contributed by atoms with Gasteiger partial charge in [0, 0.05) is 25.6 Å². The number of aryl methyl sites for hydroxylation is 1. The highest BCUT2D eigenvalue weighted by Crippen LogP contribution is 2.54. The normalized spacial score (nSPS) is 21.8. The summed E-state index contributed by atoms with van der Waals surface area (Å²) in [6, 6.07) is 25.5. The van der Waals surface area contributed by atoms with Crippen LogP contribution in [0.2, 0.25) is 5.02 Å². The molecular weight excluding hydrogens is 761 g/mol. The van der Waals surface area contributed by atoms with Crippen molar-refractivity contribution in [2.45, 2.75) is 62.3 Å². The van der Waals surface area contributed by atoms with Crippen molar-refractivity contribution in [3.05, 3.63) is 144 Å². The summed E-state index contributed by atoms with van der Waals surface area (Å²) < 4.78 is 42.0. The summed E-state index contributed by atoms with van der Waals surface area (Å²) in [5, 5.41) is 4.30. The van der Waals surface area contributed by atoms with Gasteiger partial charge in [-0.15, -0.1) is 0 Å². The topological polar surface area (TPSA) is 87.5 Å². The minimum Gasteiger partial charge on any atom is -0.469 e. The molecule has 4 atom stereocenters. The molecule has 0 aromatic heterocycles. The second-order valence-electron chi connectivity index (χ2n) is 12.7. The first kappa shape index (κ1) is 35.3. The highest BCUT2D eigenvalue weighted by molar-refractivity contribution is 14.1. The van der Waals surface area contributed by atoms with Crippen LogP contribution in [-0.2, 0) is 26.3 Å². The Bertz CT molecular complexity index is 1780. The highest BCUT2D eigenvalue weighted by atomic mass is 127. The maximum absolute atomic E-state index is 14.1. The number of fused-ring (bicyclic) bond motifs is 2. The molecule has 2 fully saturated rings. The summed E-state index contributed by atoms with van der Waals surface area (Å²) in [7, 11) is 1.41. The van der Waals surface area contributed by atoms with Gasteiger partial charge in [0.25, 0.3) is 0 Å². The van der Waals surface area contributed by atoms with Crippen LogP contribution in [0.1, 0.15) is 60.5 Å². The van der Waals surface area contributed by atoms with Gasteiger partial charge < -0.3 is 9.47 Å². The first-order valence-electron chi connectivity index (χ1n) is 16.3. The number of hydrogen-bond donors (Lipinski definition) is 0. The third-order valence-electron chi connectivity index (χ3n) is 9.87. The maximum atomic E-state index is 14.1. The monoisotopic (exact) mass is 796 g/mol. The molecule has 0 N–H and O–H groups in total. The van der Waals surface area contributed by atoms with E-state index in [9.17, 15) is 13.6 Å². The summed E-state index contributed by atoms with van der Waals surface area (Å²) in [6.07, 6.45) is 4.24. The number of hydrogen-bond acceptors (Lipinski definition) is 5. The van der Waals surface area contributed by atoms with Crippen molar-refractivity contribution in [1.29, 1.82) is 0 Å². The molecule has 2 heterocycles. The number of unbranched alkanes of at least 4 members (excludes halogenated alkanes) is 1. The van der Waals surface area contributed by atoms with Gasteiger partial charge in [-0.05, 0) is 138 Å². The standard InChI is InChI=1S/C38H36ClF2IN4O3/c1-48-37(47)35-34-20-18-31(46(34)21-3-2-4-24-5-19-33(44-45-43)32(42)22-24)23-38(35,27-10-12-28(39)13-11-27)49-36(25-6-14-29(40)15-7-25)26-8-16-30(41)17-9-26/h5-17,19,22,31,34-36H,2-4,18,20-21,23H2,1H3/t31-,34+,35-,38-/m0/s1. The molecule has 7 nitrogen and oxygen atoms in total. The van der Waals surface area contributed by atoms with Gasteiger partial charge in [-0.2, -0.15) is 0 Å². The van der Waals surface area contributed by atoms with Crippen molar-refractivity contribution in [3.8, 4) is 0 Å². The molecule has 2 bridgehead atoms. The van der Waals surface area contributed by atoms with Crippen LogP contribution in [0.25, 0.3) is 10.4 Å². The zero-order chi connectivity index (χ0) is 34.5. The fourth-order valence-electron chi connectivity index (χ4n) is 7.65. The second kappa shape index (κ2) is 15.6. The van der Waals surface area contributed by atoms with Crippen molar-refractivity contribution in [1.82, 2.24) is 4.90 Å². The zero-order valence-electron chi connectivity index (χ0n) is 26.9. The van der Waals surface area contributed by atoms with Crippen molar-refractivity contribution in [2.24, 2.45) is 11.0 Å². The number of esters is 1. The van der Waals surface area contributed by atoms with Gasteiger partial charge in [0.15, 0.2) is 0 Å². The van der Waals surface area contributed by atoms with E-state index in [1.807, 2.05) is 24.3 Å². The van der Waals surface area contributed by atoms with E-state index < -0.39 is 17.6 Å². The summed E-state index contributed by atoms with van der Waals surface area (Å²) in [5.41, 5.74) is 11.6. The zero-order valence-corrected chi connectivity index (χ0v) is 29.9. The number of methoxy groups -OCH3 is 1. The van der Waals surface area contributed by atoms with Crippen LogP contribution in [0.15, 0.2) is 96.1 Å². The van der Waals surface area contributed by atoms with E-state index >= 15 is 0 Å². The molecule has 2 aliphatic heterocycles. The number of carbonyl (C=O) groups is 1. The van der Waals surface area contributed by atoms with Crippen molar-refractivity contribution >= 4 is 45.8 Å². The highest BCUT2D eigenvalue weighted by Gasteiger charge is 2.60. The molecule has 2 saturated heterocycles. The Kier molecular flexibility index (Phi) is 11.2. The fourth-order valence-corrected chi connectivity index (χ4v) is 8.46. The molecule has 0 unspecified atom stereocenters. The van der Waals surface area contributed by atoms with E-state index in [1.54, 1.807) is 36.4 Å². The van der Waals surface area contributed by atoms with Crippen molar-refractivity contribution in [3.63, 3.8) is 0 Å². The first-order chi connectivity index (χ1) is 23.7. The molecule has 0 saturated carbocycles. The van der Waals surface area contributed by atoms with Gasteiger partial charge in [0.1, 0.15) is 29.3 Å². The third kappa shape index (κ3) is 7.64. The lowest BCUT2D eigenvalue weighted by Crippen LogP contribution is -2.60. The molecule has 4 aromatic carbocycles. The molecule has 2 aliphatic rings. The predicted octanol–water partition coefficient (Wildman–Crippen LogP) is 10.2. The average molecular weight is 797 g/mol. The van der Waals surface area contributed by atoms with E-state index in [4.69, 9.17) is 26.6 Å². The van der Waals surface area contributed by atoms with Gasteiger partial charge in [0.2, 0.25) is 0 Å². The van der Waals surface area contributed by atoms with Gasteiger partial charge in [-0.3, -0.25) is 9.69 Å². The Morgan fingerprint density at radius 3 is 2.24 bits per heavy atom. The molecule has 0 spiro atoms. The lowest BCUT2D eigenvalue weighted by atomic mass is 9.71. The van der Waals surface area contributed by atoms with Gasteiger partial charge in [-0.1, -0.05) is 65.2 Å². The molecule has 0 aliphatic carbocycles. The summed E-state index contributed by atoms with van der Waals surface area (Å²) in [5.74, 6) is -1.81. The van der Waals surface area contributed by atoms with Crippen LogP contribution in [0.3, 0.4) is 0 Å². The van der Waals surface area contributed by atoms with E-state index in [2.05, 4.69) is 43.6 Å². The smallest absolute Gasteiger partial charge is 0.313 e. The molecule has 254 valence electrons. The average Bonchev–Trinajstić information content (AvgIpc) is 3.39. The number of nitrogens with zero attached hydrogens (tertiary/aromatic N) is 4. The van der Waals surface area contributed by atoms with Crippen LogP contribution in [0.4, 0.5) is 14.5 Å². The van der Waals surface area contributed by atoms with Crippen molar-refractivity contribution < 1.29 is 23.0 Å². The molecule has 6 rings (SSSR count). The summed E-state index contributed by atoms with van der Waals surface area (Å²) in [4.78, 5) is 19.4. The Labute approximate surface area is 303 Å². The number of piperidine rings is 1. The van der Waals surface area contributed by atoms with Crippen LogP contribution < -0.4 is 0 Å². The number of carbonyl (C=O) groups excluding carboxylic acids is 1. The maximum Gasteiger partial charge on any atom is 0.313 e. The van der Waals surface area contributed by atoms with Gasteiger partial charge in [-0.25, -0.2) is 8.78 Å². The van der Waals surface area contributed by atoms with Gasteiger partial charge in [0.05, 0.1) is 12.8 Å². The van der Waals surface area contributed by atoms with E-state index in [-0.39, 0.29) is 29.7 Å². The lowest BCUT2D eigenvalue weighted by molar-refractivity contribution is -0.195. The number of ether oxygens (including phenoxy) is 2. The van der Waals surface area contributed by atoms with Crippen LogP contribution in [0, 0.1) is 21.1 Å². The Morgan fingerprint density at radius 1 is 1.00 bits per heavy atom. The quantitative estimate of drug-likeness (QED) is 0.0357. The molecule has 11 heteroatoms. The van der Waals surface area contributed by atoms with E-state index in [0.29, 0.717) is 28.3 Å². The SMILES string of the molecule is COC(=O)[C@@H]1[C@H]2CC[C@@H](C[C@]1(OC(c1ccc(F)cc1)c1ccc(F)cc1)c1ccc(Cl)cc1)N2CCCCc1ccc(N=[N+]=[N-])c(I)c1. The van der Waals surface area contributed by atoms with Crippen LogP contribution in [-0.4, -0.2) is 36.6 Å². The number of rotatable bonds is 12. The van der Waals surface area contributed by atoms with Crippen LogP contribution >= 0.6 is 34.2 Å². The summed E-state index contributed by atoms with van der Waals surface area (Å²) in [6.45, 7) is 0.812. The number of azide groups is 1. The Balaban J connectivity index is 1.32. The number of benzene rings is 4. The Morgan fingerprint density at radius 2 is 1.65 bits per heavy atom. The van der Waals surface area contributed by atoms with E-state index in [1.165, 1.54) is 36.9 Å². The number of halogens is 4. The third-order valence-corrected chi connectivity index (χ3v) is 11.0. The molecular formula is C38H36ClF2IN4O3. The molecule has 4 aromatic rings. The van der Waals surface area contributed by atoms with Crippen molar-refractivity contribution in [2.75, 3.05) is 13.7 Å². The molecule has 0 amide bonds. The predicted molar refractivity (Wildman–Crippen MR) is 193 cm³/mol. The molecule has 0 radical (unpaired) electrons. The molecule has 49 heavy (non-hydrogen) atoms. The summed E-state index contributed by atoms with van der Waals surface area (Å²) >= 11 is 8.55. The van der Waals surface area contributed by atoms with Crippen LogP contribution in [0.5, 0.6) is 0 Å².